The Labute approximate surface area is 320 Å². The van der Waals surface area contributed by atoms with Crippen molar-refractivity contribution in [1.82, 2.24) is 4.57 Å². The summed E-state index contributed by atoms with van der Waals surface area (Å²) in [5.74, 6) is 1.92. The summed E-state index contributed by atoms with van der Waals surface area (Å²) in [4.78, 5) is 2.72. The van der Waals surface area contributed by atoms with E-state index in [9.17, 15) is 0 Å². The van der Waals surface area contributed by atoms with Gasteiger partial charge in [-0.3, -0.25) is 0 Å². The van der Waals surface area contributed by atoms with Gasteiger partial charge in [0.25, 0.3) is 0 Å². The largest absolute Gasteiger partial charge is 0.340 e. The molecule has 8 aliphatic carbocycles. The van der Waals surface area contributed by atoms with Gasteiger partial charge in [-0.1, -0.05) is 134 Å². The van der Waals surface area contributed by atoms with Crippen molar-refractivity contribution in [2.45, 2.75) is 76.3 Å². The number of para-hydroxylation sites is 1. The molecule has 2 aromatic rings. The van der Waals surface area contributed by atoms with E-state index in [-0.39, 0.29) is 0 Å². The van der Waals surface area contributed by atoms with Gasteiger partial charge in [0, 0.05) is 68.5 Å². The SMILES string of the molecule is C1=CCC(C2=CCCC=C2C2=CCCC(N3c4ccccc4C4=CC(C5C=c6c7c(n([C@H]8CC=CC9C=CC=CC98)c6=CC5)CCC=C7)=CCC43)=C2)C=C1. The van der Waals surface area contributed by atoms with E-state index < -0.39 is 0 Å². The molecule has 268 valence electrons. The molecule has 1 aliphatic heterocycles. The minimum atomic E-state index is 0.350. The number of hydrogen-bond acceptors (Lipinski definition) is 1. The highest BCUT2D eigenvalue weighted by molar-refractivity contribution is 5.92. The molecule has 0 saturated heterocycles. The summed E-state index contributed by atoms with van der Waals surface area (Å²) in [5, 5.41) is 2.95. The van der Waals surface area contributed by atoms with E-state index >= 15 is 0 Å². The van der Waals surface area contributed by atoms with Gasteiger partial charge < -0.3 is 9.47 Å². The van der Waals surface area contributed by atoms with E-state index in [0.717, 1.165) is 64.2 Å². The quantitative estimate of drug-likeness (QED) is 0.282. The summed E-state index contributed by atoms with van der Waals surface area (Å²) in [7, 11) is 0. The van der Waals surface area contributed by atoms with Crippen molar-refractivity contribution in [3.63, 3.8) is 0 Å². The lowest BCUT2D eigenvalue weighted by Crippen LogP contribution is -2.39. The van der Waals surface area contributed by atoms with E-state index in [2.05, 4.69) is 155 Å². The predicted molar refractivity (Wildman–Crippen MR) is 227 cm³/mol. The first kappa shape index (κ1) is 32.4. The van der Waals surface area contributed by atoms with Crippen LogP contribution in [-0.2, 0) is 6.42 Å². The Hall–Kier alpha value is -5.08. The van der Waals surface area contributed by atoms with Crippen LogP contribution >= 0.6 is 0 Å². The molecule has 0 bridgehead atoms. The smallest absolute Gasteiger partial charge is 0.0629 e. The van der Waals surface area contributed by atoms with Crippen LogP contribution in [0.5, 0.6) is 0 Å². The molecule has 1 aromatic carbocycles. The second-order valence-electron chi connectivity index (χ2n) is 16.6. The van der Waals surface area contributed by atoms with Crippen LogP contribution in [0.2, 0.25) is 0 Å². The molecule has 9 aliphatic rings. The molecular formula is C52H50N2. The Morgan fingerprint density at radius 3 is 2.54 bits per heavy atom. The van der Waals surface area contributed by atoms with Gasteiger partial charge in [-0.2, -0.15) is 0 Å². The van der Waals surface area contributed by atoms with E-state index in [0.29, 0.717) is 35.8 Å². The lowest BCUT2D eigenvalue weighted by molar-refractivity contribution is 0.321. The number of rotatable bonds is 5. The van der Waals surface area contributed by atoms with E-state index in [4.69, 9.17) is 0 Å². The zero-order chi connectivity index (χ0) is 35.6. The van der Waals surface area contributed by atoms with E-state index in [1.165, 1.54) is 60.9 Å². The maximum absolute atomic E-state index is 2.78. The van der Waals surface area contributed by atoms with E-state index in [1.807, 2.05) is 0 Å². The first-order valence-corrected chi connectivity index (χ1v) is 20.9. The number of aromatic nitrogens is 1. The molecule has 0 amide bonds. The highest BCUT2D eigenvalue weighted by atomic mass is 15.2. The normalized spacial score (nSPS) is 30.0. The molecule has 54 heavy (non-hydrogen) atoms. The third-order valence-corrected chi connectivity index (χ3v) is 13.7. The minimum absolute atomic E-state index is 0.350. The van der Waals surface area contributed by atoms with Crippen LogP contribution in [0.4, 0.5) is 5.69 Å². The Balaban J connectivity index is 0.921. The average Bonchev–Trinajstić information content (AvgIpc) is 3.76. The molecule has 0 spiro atoms. The Kier molecular flexibility index (Phi) is 8.00. The van der Waals surface area contributed by atoms with Crippen molar-refractivity contribution >= 4 is 29.5 Å². The molecule has 5 unspecified atom stereocenters. The Morgan fingerprint density at radius 1 is 0.648 bits per heavy atom. The highest BCUT2D eigenvalue weighted by Gasteiger charge is 2.38. The summed E-state index contributed by atoms with van der Waals surface area (Å²) in [6.45, 7) is 0. The Bertz CT molecular complexity index is 2430. The molecule has 2 heteroatoms. The maximum atomic E-state index is 2.78. The molecule has 0 saturated carbocycles. The van der Waals surface area contributed by atoms with Crippen LogP contribution in [0, 0.1) is 23.7 Å². The number of benzene rings is 1. The van der Waals surface area contributed by atoms with Gasteiger partial charge in [-0.25, -0.2) is 0 Å². The van der Waals surface area contributed by atoms with Crippen molar-refractivity contribution in [3.8, 4) is 0 Å². The summed E-state index contributed by atoms with van der Waals surface area (Å²) in [6, 6.07) is 10.1. The molecule has 1 aromatic heterocycles. The molecule has 6 atom stereocenters. The lowest BCUT2D eigenvalue weighted by Gasteiger charge is -2.36. The molecule has 11 rings (SSSR count). The number of hydrogen-bond donors (Lipinski definition) is 0. The van der Waals surface area contributed by atoms with Crippen molar-refractivity contribution < 1.29 is 0 Å². The number of fused-ring (bicyclic) bond motifs is 7. The van der Waals surface area contributed by atoms with Gasteiger partial charge in [-0.05, 0) is 104 Å². The fourth-order valence-corrected chi connectivity index (χ4v) is 11.2. The summed E-state index contributed by atoms with van der Waals surface area (Å²) >= 11 is 0. The van der Waals surface area contributed by atoms with Crippen LogP contribution in [0.3, 0.4) is 0 Å². The molecule has 0 radical (unpaired) electrons. The van der Waals surface area contributed by atoms with E-state index in [1.54, 1.807) is 5.69 Å². The van der Waals surface area contributed by atoms with Gasteiger partial charge in [-0.15, -0.1) is 0 Å². The second kappa shape index (κ2) is 13.3. The van der Waals surface area contributed by atoms with Crippen molar-refractivity contribution in [2.75, 3.05) is 4.90 Å². The molecular weight excluding hydrogens is 653 g/mol. The first-order chi connectivity index (χ1) is 26.8. The lowest BCUT2D eigenvalue weighted by atomic mass is 9.77. The zero-order valence-electron chi connectivity index (χ0n) is 31.3. The minimum Gasteiger partial charge on any atom is -0.340 e. The first-order valence-electron chi connectivity index (χ1n) is 20.9. The predicted octanol–water partition coefficient (Wildman–Crippen LogP) is 10.9. The molecule has 2 nitrogen and oxygen atoms in total. The summed E-state index contributed by atoms with van der Waals surface area (Å²) < 4.78 is 2.78. The van der Waals surface area contributed by atoms with Crippen molar-refractivity contribution in [1.29, 1.82) is 0 Å². The average molecular weight is 703 g/mol. The van der Waals surface area contributed by atoms with Gasteiger partial charge in [0.15, 0.2) is 0 Å². The zero-order valence-corrected chi connectivity index (χ0v) is 31.3. The maximum Gasteiger partial charge on any atom is 0.0629 e. The van der Waals surface area contributed by atoms with Crippen molar-refractivity contribution in [2.24, 2.45) is 23.7 Å². The standard InChI is InChI=1S/C52H50N2/c1-2-14-35(15-3-1)41-20-6-7-21-42(41)39-18-12-19-40(32-39)53-49-25-10-8-23-44(49)46-33-37(28-30-51(46)53)38-29-31-52-47(34-38)45-24-9-11-26-50(45)54(52)48-27-13-17-36-16-4-5-22-43(36)48/h1-5,8-10,13-14,16-18,20-25,28,31-36,38,43,48,51H,6-7,11-12,15,19,26-27,29-30H2/t35?,36?,38?,43?,48-,51?/m0/s1. The van der Waals surface area contributed by atoms with Crippen LogP contribution in [0.25, 0.3) is 23.8 Å². The third kappa shape index (κ3) is 5.28. The van der Waals surface area contributed by atoms with Crippen LogP contribution in [-0.4, -0.2) is 10.6 Å². The monoisotopic (exact) mass is 702 g/mol. The van der Waals surface area contributed by atoms with Gasteiger partial charge in [0.2, 0.25) is 0 Å². The molecule has 0 N–H and O–H groups in total. The van der Waals surface area contributed by atoms with Gasteiger partial charge in [0.1, 0.15) is 0 Å². The summed E-state index contributed by atoms with van der Waals surface area (Å²) in [5.41, 5.74) is 14.7. The topological polar surface area (TPSA) is 8.17 Å². The fraction of sp³-hybridized carbons (Fsp3) is 0.308. The number of allylic oxidation sites excluding steroid dienone is 21. The molecule has 2 heterocycles. The van der Waals surface area contributed by atoms with Gasteiger partial charge in [0.05, 0.1) is 6.04 Å². The van der Waals surface area contributed by atoms with Crippen LogP contribution < -0.4 is 15.5 Å². The molecule has 0 fully saturated rings. The van der Waals surface area contributed by atoms with Gasteiger partial charge >= 0.3 is 0 Å². The summed E-state index contributed by atoms with van der Waals surface area (Å²) in [6.07, 6.45) is 59.8. The second-order valence-corrected chi connectivity index (χ2v) is 16.6. The third-order valence-electron chi connectivity index (χ3n) is 13.7. The fourth-order valence-electron chi connectivity index (χ4n) is 11.2. The number of nitrogens with zero attached hydrogens (tertiary/aromatic N) is 2. The Morgan fingerprint density at radius 2 is 1.57 bits per heavy atom. The van der Waals surface area contributed by atoms with Crippen LogP contribution in [0.1, 0.15) is 80.7 Å². The van der Waals surface area contributed by atoms with Crippen LogP contribution in [0.15, 0.2) is 156 Å². The van der Waals surface area contributed by atoms with Crippen molar-refractivity contribution in [3.05, 3.63) is 183 Å². The highest BCUT2D eigenvalue weighted by Crippen LogP contribution is 2.49. The number of anilines is 1.